The molecular formula is C60H105N2O7P. The molecule has 3 unspecified atom stereocenters. The summed E-state index contributed by atoms with van der Waals surface area (Å²) in [5, 5.41) is 2.99. The molecule has 0 aliphatic heterocycles. The first-order chi connectivity index (χ1) is 33.9. The zero-order valence-corrected chi connectivity index (χ0v) is 46.6. The van der Waals surface area contributed by atoms with Crippen LogP contribution in [0, 0.1) is 0 Å². The van der Waals surface area contributed by atoms with Crippen LogP contribution >= 0.6 is 7.82 Å². The SMILES string of the molecule is CC\C=C/C=C/C=C/C=C\C=C\C=C\CCCCCC(=O)OC(/C=C/CCCCCCCCCCCCC)C(COP(=O)([O-])OCC[N+](C)(C)C)NC(=O)CCCCC/C=C\CCCCCCCCC. The van der Waals surface area contributed by atoms with Crippen LogP contribution in [0.4, 0.5) is 0 Å². The van der Waals surface area contributed by atoms with Crippen molar-refractivity contribution in [1.29, 1.82) is 0 Å². The minimum Gasteiger partial charge on any atom is -0.756 e. The number of phosphoric ester groups is 1. The lowest BCUT2D eigenvalue weighted by molar-refractivity contribution is -0.870. The number of nitrogens with zero attached hydrogens (tertiary/aromatic N) is 1. The van der Waals surface area contributed by atoms with Crippen molar-refractivity contribution in [2.24, 2.45) is 0 Å². The standard InChI is InChI=1S/C60H105N2O7P/c1-7-10-13-16-19-22-25-28-30-31-32-35-38-41-44-47-50-53-60(64)69-58(51-48-45-42-39-36-33-27-24-21-18-15-12-9-3)57(56-68-70(65,66)67-55-54-62(4,5)6)61-59(63)52-49-46-43-40-37-34-29-26-23-20-17-14-11-8-2/h10,13,16,19,22,25,28,30-32,34-35,37-38,48,51,57-58H,7-9,11-12,14-15,17-18,20-21,23-24,26-27,29,33,36,39-47,49-50,52-56H2,1-6H3,(H-,61,63,65,66)/b13-10-,19-16+,25-22+,30-28-,32-31+,37-34-,38-35+,51-48+. The number of nitrogens with one attached hydrogen (secondary N) is 1. The zero-order chi connectivity index (χ0) is 51.5. The van der Waals surface area contributed by atoms with Crippen LogP contribution in [0.2, 0.25) is 0 Å². The topological polar surface area (TPSA) is 114 Å². The average Bonchev–Trinajstić information content (AvgIpc) is 3.32. The molecule has 0 bridgehead atoms. The monoisotopic (exact) mass is 997 g/mol. The normalized spacial score (nSPS) is 14.6. The van der Waals surface area contributed by atoms with Crippen LogP contribution < -0.4 is 10.2 Å². The molecular weight excluding hydrogens is 892 g/mol. The molecule has 1 amide bonds. The summed E-state index contributed by atoms with van der Waals surface area (Å²) in [5.74, 6) is -0.617. The number of hydrogen-bond donors (Lipinski definition) is 1. The molecule has 0 spiro atoms. The molecule has 10 heteroatoms. The van der Waals surface area contributed by atoms with Gasteiger partial charge in [-0.2, -0.15) is 0 Å². The minimum atomic E-state index is -4.71. The third-order valence-corrected chi connectivity index (χ3v) is 12.9. The number of rotatable bonds is 49. The molecule has 0 aliphatic rings. The quantitative estimate of drug-likeness (QED) is 0.0161. The summed E-state index contributed by atoms with van der Waals surface area (Å²) in [7, 11) is 1.14. The highest BCUT2D eigenvalue weighted by Gasteiger charge is 2.27. The molecule has 3 atom stereocenters. The Hall–Kier alpha value is -3.07. The zero-order valence-electron chi connectivity index (χ0n) is 45.7. The van der Waals surface area contributed by atoms with Gasteiger partial charge in [-0.25, -0.2) is 0 Å². The number of likely N-dealkylation sites (N-methyl/N-ethyl adjacent to an activating group) is 1. The molecule has 9 nitrogen and oxygen atoms in total. The summed E-state index contributed by atoms with van der Waals surface area (Å²) in [6.07, 6.45) is 65.1. The van der Waals surface area contributed by atoms with Crippen molar-refractivity contribution in [2.75, 3.05) is 40.9 Å². The van der Waals surface area contributed by atoms with Gasteiger partial charge in [-0.3, -0.25) is 14.2 Å². The number of ether oxygens (including phenoxy) is 1. The number of allylic oxidation sites excluding steroid dienone is 15. The van der Waals surface area contributed by atoms with Gasteiger partial charge in [0.25, 0.3) is 7.82 Å². The maximum absolute atomic E-state index is 13.5. The number of carbonyl (C=O) groups excluding carboxylic acids is 2. The highest BCUT2D eigenvalue weighted by Crippen LogP contribution is 2.38. The number of hydrogen-bond acceptors (Lipinski definition) is 7. The van der Waals surface area contributed by atoms with Crippen molar-refractivity contribution in [1.82, 2.24) is 5.32 Å². The van der Waals surface area contributed by atoms with E-state index in [1.54, 1.807) is 0 Å². The van der Waals surface area contributed by atoms with Crippen molar-refractivity contribution >= 4 is 19.7 Å². The number of carbonyl (C=O) groups is 2. The van der Waals surface area contributed by atoms with E-state index in [1.807, 2.05) is 94.1 Å². The summed E-state index contributed by atoms with van der Waals surface area (Å²) in [6.45, 7) is 6.63. The molecule has 1 N–H and O–H groups in total. The molecule has 0 aromatic rings. The molecule has 0 radical (unpaired) electrons. The molecule has 0 heterocycles. The number of unbranched alkanes of at least 4 members (excludes halogenated alkanes) is 24. The molecule has 0 rings (SSSR count). The molecule has 0 aliphatic carbocycles. The maximum Gasteiger partial charge on any atom is 0.306 e. The minimum absolute atomic E-state index is 0.0372. The second-order valence-corrected chi connectivity index (χ2v) is 21.3. The Balaban J connectivity index is 5.52. The lowest BCUT2D eigenvalue weighted by atomic mass is 10.0. The smallest absolute Gasteiger partial charge is 0.306 e. The van der Waals surface area contributed by atoms with Gasteiger partial charge in [0, 0.05) is 12.8 Å². The number of phosphoric acid groups is 1. The summed E-state index contributed by atoms with van der Waals surface area (Å²) >= 11 is 0. The van der Waals surface area contributed by atoms with Crippen LogP contribution in [0.1, 0.15) is 220 Å². The Morgan fingerprint density at radius 1 is 0.514 bits per heavy atom. The van der Waals surface area contributed by atoms with Crippen molar-refractivity contribution in [3.05, 3.63) is 97.2 Å². The van der Waals surface area contributed by atoms with Crippen LogP contribution in [-0.4, -0.2) is 69.4 Å². The lowest BCUT2D eigenvalue weighted by Crippen LogP contribution is -2.47. The van der Waals surface area contributed by atoms with E-state index in [0.29, 0.717) is 23.9 Å². The first-order valence-corrected chi connectivity index (χ1v) is 29.6. The van der Waals surface area contributed by atoms with Gasteiger partial charge in [-0.1, -0.05) is 227 Å². The first-order valence-electron chi connectivity index (χ1n) is 28.1. The fourth-order valence-electron chi connectivity index (χ4n) is 7.55. The largest absolute Gasteiger partial charge is 0.756 e. The summed E-state index contributed by atoms with van der Waals surface area (Å²) < 4.78 is 30.2. The van der Waals surface area contributed by atoms with E-state index in [-0.39, 0.29) is 31.3 Å². The van der Waals surface area contributed by atoms with Gasteiger partial charge in [-0.05, 0) is 76.7 Å². The fraction of sp³-hybridized carbons (Fsp3) is 0.700. The van der Waals surface area contributed by atoms with Crippen LogP contribution in [0.3, 0.4) is 0 Å². The van der Waals surface area contributed by atoms with Gasteiger partial charge < -0.3 is 28.5 Å². The molecule has 0 aromatic carbocycles. The highest BCUT2D eigenvalue weighted by atomic mass is 31.2. The Morgan fingerprint density at radius 2 is 0.929 bits per heavy atom. The Bertz CT molecular complexity index is 1520. The third kappa shape index (κ3) is 49.9. The van der Waals surface area contributed by atoms with Crippen LogP contribution in [0.25, 0.3) is 0 Å². The van der Waals surface area contributed by atoms with Gasteiger partial charge in [0.05, 0.1) is 33.8 Å². The Kier molecular flexibility index (Phi) is 47.3. The third-order valence-electron chi connectivity index (χ3n) is 11.9. The van der Waals surface area contributed by atoms with Crippen molar-refractivity contribution < 1.29 is 37.3 Å². The van der Waals surface area contributed by atoms with Crippen LogP contribution in [0.5, 0.6) is 0 Å². The van der Waals surface area contributed by atoms with Gasteiger partial charge >= 0.3 is 5.97 Å². The Labute approximate surface area is 430 Å². The van der Waals surface area contributed by atoms with Crippen LogP contribution in [0.15, 0.2) is 97.2 Å². The molecule has 0 saturated carbocycles. The van der Waals surface area contributed by atoms with Gasteiger partial charge in [-0.15, -0.1) is 0 Å². The van der Waals surface area contributed by atoms with Gasteiger partial charge in [0.2, 0.25) is 5.91 Å². The van der Waals surface area contributed by atoms with Gasteiger partial charge in [0.15, 0.2) is 0 Å². The average molecular weight is 997 g/mol. The predicted octanol–water partition coefficient (Wildman–Crippen LogP) is 16.2. The molecule has 0 saturated heterocycles. The van der Waals surface area contributed by atoms with E-state index in [2.05, 4.69) is 50.4 Å². The predicted molar refractivity (Wildman–Crippen MR) is 297 cm³/mol. The van der Waals surface area contributed by atoms with E-state index in [1.165, 1.54) is 103 Å². The molecule has 0 fully saturated rings. The number of esters is 1. The van der Waals surface area contributed by atoms with Crippen molar-refractivity contribution in [2.45, 2.75) is 232 Å². The van der Waals surface area contributed by atoms with E-state index in [9.17, 15) is 19.0 Å². The van der Waals surface area contributed by atoms with Crippen molar-refractivity contribution in [3.63, 3.8) is 0 Å². The highest BCUT2D eigenvalue weighted by molar-refractivity contribution is 7.45. The van der Waals surface area contributed by atoms with E-state index < -0.39 is 26.6 Å². The van der Waals surface area contributed by atoms with Gasteiger partial charge in [0.1, 0.15) is 19.3 Å². The first kappa shape index (κ1) is 66.9. The lowest BCUT2D eigenvalue weighted by Gasteiger charge is -2.30. The molecule has 402 valence electrons. The summed E-state index contributed by atoms with van der Waals surface area (Å²) in [6, 6.07) is -0.919. The van der Waals surface area contributed by atoms with E-state index >= 15 is 0 Å². The second kappa shape index (κ2) is 49.5. The van der Waals surface area contributed by atoms with E-state index in [0.717, 1.165) is 70.6 Å². The summed E-state index contributed by atoms with van der Waals surface area (Å²) in [5.41, 5.74) is 0. The molecule has 70 heavy (non-hydrogen) atoms. The van der Waals surface area contributed by atoms with E-state index in [4.69, 9.17) is 13.8 Å². The maximum atomic E-state index is 13.5. The van der Waals surface area contributed by atoms with Crippen molar-refractivity contribution in [3.8, 4) is 0 Å². The Morgan fingerprint density at radius 3 is 1.41 bits per heavy atom. The van der Waals surface area contributed by atoms with Crippen LogP contribution in [-0.2, 0) is 27.9 Å². The fourth-order valence-corrected chi connectivity index (χ4v) is 8.27. The second-order valence-electron chi connectivity index (χ2n) is 19.9. The summed E-state index contributed by atoms with van der Waals surface area (Å²) in [4.78, 5) is 39.8. The number of amides is 1. The number of quaternary nitrogens is 1. The molecule has 0 aromatic heterocycles.